The summed E-state index contributed by atoms with van der Waals surface area (Å²) in [6.07, 6.45) is 3.26. The molecular formula is C23H23ClFN5O. The van der Waals surface area contributed by atoms with Crippen molar-refractivity contribution in [1.82, 2.24) is 9.97 Å². The Hall–Kier alpha value is -3.19. The highest BCUT2D eigenvalue weighted by Crippen LogP contribution is 2.36. The van der Waals surface area contributed by atoms with Gasteiger partial charge in [0.1, 0.15) is 0 Å². The van der Waals surface area contributed by atoms with Gasteiger partial charge in [-0.1, -0.05) is 23.7 Å². The highest BCUT2D eigenvalue weighted by Gasteiger charge is 2.31. The molecule has 0 bridgehead atoms. The molecule has 2 amide bonds. The first-order chi connectivity index (χ1) is 15.0. The van der Waals surface area contributed by atoms with Gasteiger partial charge in [-0.2, -0.15) is 0 Å². The van der Waals surface area contributed by atoms with Gasteiger partial charge in [-0.25, -0.2) is 14.2 Å². The molecule has 0 spiro atoms. The lowest BCUT2D eigenvalue weighted by atomic mass is 10.1. The predicted molar refractivity (Wildman–Crippen MR) is 122 cm³/mol. The lowest BCUT2D eigenvalue weighted by molar-refractivity contribution is 0.254. The maximum atomic E-state index is 14.1. The second-order valence-corrected chi connectivity index (χ2v) is 7.86. The van der Waals surface area contributed by atoms with Gasteiger partial charge in [-0.15, -0.1) is 0 Å². The van der Waals surface area contributed by atoms with Crippen LogP contribution in [0.1, 0.15) is 20.3 Å². The molecule has 1 aliphatic heterocycles. The monoisotopic (exact) mass is 439 g/mol. The quantitative estimate of drug-likeness (QED) is 0.577. The molecule has 8 heteroatoms. The molecule has 31 heavy (non-hydrogen) atoms. The molecule has 0 fully saturated rings. The Morgan fingerprint density at radius 2 is 2.13 bits per heavy atom. The lowest BCUT2D eigenvalue weighted by Crippen LogP contribution is -2.42. The van der Waals surface area contributed by atoms with Crippen LogP contribution in [-0.2, 0) is 0 Å². The summed E-state index contributed by atoms with van der Waals surface area (Å²) in [5.74, 6) is -0.0503. The maximum Gasteiger partial charge on any atom is 0.327 e. The van der Waals surface area contributed by atoms with Crippen LogP contribution in [0.2, 0.25) is 5.02 Å². The van der Waals surface area contributed by atoms with Crippen molar-refractivity contribution < 1.29 is 9.18 Å². The first-order valence-corrected chi connectivity index (χ1v) is 10.6. The summed E-state index contributed by atoms with van der Waals surface area (Å²) in [7, 11) is 0. The van der Waals surface area contributed by atoms with E-state index in [4.69, 9.17) is 16.6 Å². The molecular weight excluding hydrogens is 417 g/mol. The van der Waals surface area contributed by atoms with Gasteiger partial charge in [0.05, 0.1) is 23.3 Å². The molecule has 0 radical (unpaired) electrons. The van der Waals surface area contributed by atoms with E-state index in [9.17, 15) is 9.18 Å². The number of pyridine rings is 2. The van der Waals surface area contributed by atoms with Gasteiger partial charge < -0.3 is 10.2 Å². The number of aromatic nitrogens is 2. The molecule has 0 aliphatic carbocycles. The Kier molecular flexibility index (Phi) is 6.04. The molecule has 1 N–H and O–H groups in total. The van der Waals surface area contributed by atoms with Gasteiger partial charge in [0.25, 0.3) is 0 Å². The molecule has 160 valence electrons. The fourth-order valence-electron chi connectivity index (χ4n) is 3.75. The fraction of sp³-hybridized carbons (Fsp3) is 0.261. The van der Waals surface area contributed by atoms with Crippen LogP contribution in [-0.4, -0.2) is 35.1 Å². The van der Waals surface area contributed by atoms with Crippen molar-refractivity contribution in [1.29, 1.82) is 0 Å². The van der Waals surface area contributed by atoms with E-state index in [1.165, 1.54) is 12.3 Å². The van der Waals surface area contributed by atoms with Gasteiger partial charge in [-0.3, -0.25) is 9.88 Å². The SMILES string of the molecule is CCN1CC[C@@H](C)N(C(=O)Nc2ccncc2F)c2nc(-c3cccc(Cl)c3)ccc21. The van der Waals surface area contributed by atoms with Crippen molar-refractivity contribution in [2.24, 2.45) is 0 Å². The molecule has 6 nitrogen and oxygen atoms in total. The number of nitrogens with one attached hydrogen (secondary N) is 1. The molecule has 2 aromatic heterocycles. The average Bonchev–Trinajstić information content (AvgIpc) is 2.90. The van der Waals surface area contributed by atoms with Gasteiger partial charge in [-0.05, 0) is 50.6 Å². The molecule has 1 aromatic carbocycles. The Morgan fingerprint density at radius 3 is 2.87 bits per heavy atom. The van der Waals surface area contributed by atoms with E-state index < -0.39 is 11.8 Å². The number of fused-ring (bicyclic) bond motifs is 1. The zero-order valence-corrected chi connectivity index (χ0v) is 18.1. The molecule has 0 unspecified atom stereocenters. The van der Waals surface area contributed by atoms with E-state index in [0.717, 1.165) is 37.0 Å². The topological polar surface area (TPSA) is 61.4 Å². The number of hydrogen-bond acceptors (Lipinski definition) is 4. The smallest absolute Gasteiger partial charge is 0.327 e. The molecule has 4 rings (SSSR count). The number of rotatable bonds is 3. The molecule has 0 saturated heterocycles. The summed E-state index contributed by atoms with van der Waals surface area (Å²) in [5.41, 5.74) is 2.51. The van der Waals surface area contributed by atoms with Crippen molar-refractivity contribution in [3.05, 3.63) is 65.7 Å². The third-order valence-electron chi connectivity index (χ3n) is 5.42. The zero-order chi connectivity index (χ0) is 22.0. The van der Waals surface area contributed by atoms with Crippen molar-refractivity contribution in [3.8, 4) is 11.3 Å². The minimum atomic E-state index is -0.589. The fourth-order valence-corrected chi connectivity index (χ4v) is 3.94. The second kappa shape index (κ2) is 8.89. The summed E-state index contributed by atoms with van der Waals surface area (Å²) >= 11 is 6.17. The van der Waals surface area contributed by atoms with Crippen LogP contribution in [0, 0.1) is 5.82 Å². The predicted octanol–water partition coefficient (Wildman–Crippen LogP) is 5.59. The summed E-state index contributed by atoms with van der Waals surface area (Å²) in [4.78, 5) is 25.7. The third-order valence-corrected chi connectivity index (χ3v) is 5.65. The van der Waals surface area contributed by atoms with Crippen LogP contribution in [0.5, 0.6) is 0 Å². The molecule has 1 aliphatic rings. The van der Waals surface area contributed by atoms with Crippen LogP contribution in [0.3, 0.4) is 0 Å². The standard InChI is InChI=1S/C23H23ClFN5O/c1-3-29-12-10-15(2)30(23(31)28-20-9-11-26-14-18(20)25)22-21(29)8-7-19(27-22)16-5-4-6-17(24)13-16/h4-9,11,13-15H,3,10,12H2,1-2H3,(H,26,28,31)/t15-/m1/s1. The Balaban J connectivity index is 1.79. The minimum absolute atomic E-state index is 0.0799. The van der Waals surface area contributed by atoms with E-state index in [1.54, 1.807) is 11.0 Å². The number of carbonyl (C=O) groups is 1. The van der Waals surface area contributed by atoms with E-state index in [1.807, 2.05) is 37.3 Å². The molecule has 3 heterocycles. The highest BCUT2D eigenvalue weighted by molar-refractivity contribution is 6.30. The van der Waals surface area contributed by atoms with E-state index >= 15 is 0 Å². The van der Waals surface area contributed by atoms with Gasteiger partial charge >= 0.3 is 6.03 Å². The van der Waals surface area contributed by atoms with Crippen molar-refractivity contribution in [3.63, 3.8) is 0 Å². The highest BCUT2D eigenvalue weighted by atomic mass is 35.5. The number of nitrogens with zero attached hydrogens (tertiary/aromatic N) is 4. The maximum absolute atomic E-state index is 14.1. The number of halogens is 2. The van der Waals surface area contributed by atoms with Gasteiger partial charge in [0, 0.05) is 35.9 Å². The normalized spacial score (nSPS) is 15.9. The number of hydrogen-bond donors (Lipinski definition) is 1. The third kappa shape index (κ3) is 4.32. The van der Waals surface area contributed by atoms with Crippen molar-refractivity contribution in [2.45, 2.75) is 26.3 Å². The lowest BCUT2D eigenvalue weighted by Gasteiger charge is -2.28. The van der Waals surface area contributed by atoms with Crippen LogP contribution in [0.4, 0.5) is 26.4 Å². The van der Waals surface area contributed by atoms with Crippen molar-refractivity contribution in [2.75, 3.05) is 28.2 Å². The number of carbonyl (C=O) groups excluding carboxylic acids is 1. The van der Waals surface area contributed by atoms with Crippen LogP contribution < -0.4 is 15.1 Å². The largest absolute Gasteiger partial charge is 0.369 e. The Morgan fingerprint density at radius 1 is 1.29 bits per heavy atom. The number of benzene rings is 1. The number of urea groups is 1. The van der Waals surface area contributed by atoms with E-state index in [0.29, 0.717) is 16.5 Å². The molecule has 1 atom stereocenters. The van der Waals surface area contributed by atoms with Crippen LogP contribution >= 0.6 is 11.6 Å². The van der Waals surface area contributed by atoms with Crippen molar-refractivity contribution >= 4 is 34.8 Å². The minimum Gasteiger partial charge on any atom is -0.369 e. The second-order valence-electron chi connectivity index (χ2n) is 7.42. The summed E-state index contributed by atoms with van der Waals surface area (Å²) in [5, 5.41) is 3.28. The summed E-state index contributed by atoms with van der Waals surface area (Å²) in [6, 6.07) is 12.2. The Bertz CT molecular complexity index is 1110. The first kappa shape index (κ1) is 21.1. The van der Waals surface area contributed by atoms with E-state index in [2.05, 4.69) is 22.1 Å². The Labute approximate surface area is 185 Å². The summed E-state index contributed by atoms with van der Waals surface area (Å²) < 4.78 is 14.1. The molecule has 3 aromatic rings. The zero-order valence-electron chi connectivity index (χ0n) is 17.3. The first-order valence-electron chi connectivity index (χ1n) is 10.2. The average molecular weight is 440 g/mol. The van der Waals surface area contributed by atoms with Gasteiger partial charge in [0.15, 0.2) is 11.6 Å². The molecule has 0 saturated carbocycles. The van der Waals surface area contributed by atoms with Crippen LogP contribution in [0.25, 0.3) is 11.3 Å². The van der Waals surface area contributed by atoms with Crippen LogP contribution in [0.15, 0.2) is 54.9 Å². The number of amides is 2. The van der Waals surface area contributed by atoms with E-state index in [-0.39, 0.29) is 11.7 Å². The summed E-state index contributed by atoms with van der Waals surface area (Å²) in [6.45, 7) is 5.61. The van der Waals surface area contributed by atoms with Gasteiger partial charge in [0.2, 0.25) is 0 Å². The number of anilines is 3.